The van der Waals surface area contributed by atoms with Crippen LogP contribution in [0.5, 0.6) is 0 Å². The molecular formula is C16H26N2O2. The molecule has 0 aliphatic carbocycles. The summed E-state index contributed by atoms with van der Waals surface area (Å²) in [7, 11) is 0. The van der Waals surface area contributed by atoms with Gasteiger partial charge in [-0.2, -0.15) is 10.1 Å². The molecule has 0 amide bonds. The average Bonchev–Trinajstić information content (AvgIpc) is 2.33. The summed E-state index contributed by atoms with van der Waals surface area (Å²) in [5.74, 6) is 0. The van der Waals surface area contributed by atoms with Crippen LogP contribution < -0.4 is 0 Å². The Kier molecular flexibility index (Phi) is 4.21. The lowest BCUT2D eigenvalue weighted by atomic mass is 9.92. The van der Waals surface area contributed by atoms with Crippen molar-refractivity contribution >= 4 is 0 Å². The molecule has 0 radical (unpaired) electrons. The Morgan fingerprint density at radius 1 is 1.05 bits per heavy atom. The third kappa shape index (κ3) is 3.20. The van der Waals surface area contributed by atoms with E-state index >= 15 is 0 Å². The van der Waals surface area contributed by atoms with Gasteiger partial charge in [-0.1, -0.05) is 30.3 Å². The highest BCUT2D eigenvalue weighted by atomic mass is 16.7. The summed E-state index contributed by atoms with van der Waals surface area (Å²) in [6, 6.07) is 10.2. The van der Waals surface area contributed by atoms with E-state index in [0.29, 0.717) is 13.1 Å². The van der Waals surface area contributed by atoms with Crippen molar-refractivity contribution in [1.29, 1.82) is 0 Å². The molecule has 0 bridgehead atoms. The first kappa shape index (κ1) is 15.4. The Balaban J connectivity index is 2.18. The summed E-state index contributed by atoms with van der Waals surface area (Å²) in [6.45, 7) is 11.6. The molecule has 0 saturated carbocycles. The first-order valence-electron chi connectivity index (χ1n) is 7.18. The predicted molar refractivity (Wildman–Crippen MR) is 79.3 cm³/mol. The Morgan fingerprint density at radius 3 is 2.05 bits per heavy atom. The van der Waals surface area contributed by atoms with Gasteiger partial charge < -0.3 is 5.21 Å². The van der Waals surface area contributed by atoms with Gasteiger partial charge in [0, 0.05) is 13.1 Å². The van der Waals surface area contributed by atoms with Gasteiger partial charge in [0.05, 0.1) is 11.1 Å². The van der Waals surface area contributed by atoms with Crippen LogP contribution in [0, 0.1) is 0 Å². The van der Waals surface area contributed by atoms with Crippen molar-refractivity contribution in [2.45, 2.75) is 51.8 Å². The van der Waals surface area contributed by atoms with Crippen molar-refractivity contribution in [3.8, 4) is 0 Å². The second kappa shape index (κ2) is 5.45. The van der Waals surface area contributed by atoms with E-state index in [9.17, 15) is 5.21 Å². The molecule has 1 saturated heterocycles. The molecule has 1 atom stereocenters. The van der Waals surface area contributed by atoms with Crippen LogP contribution in [0.3, 0.4) is 0 Å². The number of hydrogen-bond acceptors (Lipinski definition) is 4. The molecule has 20 heavy (non-hydrogen) atoms. The second-order valence-corrected chi connectivity index (χ2v) is 6.90. The van der Waals surface area contributed by atoms with Crippen molar-refractivity contribution in [1.82, 2.24) is 10.1 Å². The van der Waals surface area contributed by atoms with Crippen molar-refractivity contribution in [3.05, 3.63) is 35.9 Å². The fourth-order valence-corrected chi connectivity index (χ4v) is 3.13. The Labute approximate surface area is 121 Å². The zero-order valence-electron chi connectivity index (χ0n) is 13.1. The Morgan fingerprint density at radius 2 is 1.55 bits per heavy atom. The van der Waals surface area contributed by atoms with Crippen LogP contribution >= 0.6 is 0 Å². The van der Waals surface area contributed by atoms with Crippen LogP contribution in [-0.4, -0.2) is 39.5 Å². The summed E-state index contributed by atoms with van der Waals surface area (Å²) in [4.78, 5) is 6.25. The topological polar surface area (TPSA) is 35.9 Å². The van der Waals surface area contributed by atoms with Gasteiger partial charge in [0.2, 0.25) is 0 Å². The highest BCUT2D eigenvalue weighted by molar-refractivity contribution is 5.16. The minimum Gasteiger partial charge on any atom is -0.314 e. The van der Waals surface area contributed by atoms with Crippen molar-refractivity contribution in [2.75, 3.05) is 13.1 Å². The number of piperazine rings is 1. The summed E-state index contributed by atoms with van der Waals surface area (Å²) >= 11 is 0. The van der Waals surface area contributed by atoms with Gasteiger partial charge in [-0.3, -0.25) is 4.84 Å². The van der Waals surface area contributed by atoms with Crippen molar-refractivity contribution in [2.24, 2.45) is 0 Å². The fraction of sp³-hybridized carbons (Fsp3) is 0.625. The van der Waals surface area contributed by atoms with E-state index in [1.165, 1.54) is 5.06 Å². The van der Waals surface area contributed by atoms with E-state index in [2.05, 4.69) is 46.8 Å². The monoisotopic (exact) mass is 278 g/mol. The minimum atomic E-state index is -0.250. The molecule has 0 aromatic heterocycles. The van der Waals surface area contributed by atoms with Crippen LogP contribution in [0.4, 0.5) is 0 Å². The maximum atomic E-state index is 9.90. The number of rotatable bonds is 3. The first-order chi connectivity index (χ1) is 9.22. The summed E-state index contributed by atoms with van der Waals surface area (Å²) in [5.41, 5.74) is 0.657. The van der Waals surface area contributed by atoms with E-state index < -0.39 is 0 Å². The van der Waals surface area contributed by atoms with Gasteiger partial charge in [0.15, 0.2) is 0 Å². The molecular weight excluding hydrogens is 252 g/mol. The summed E-state index contributed by atoms with van der Waals surface area (Å²) in [5, 5.41) is 13.3. The molecule has 2 rings (SSSR count). The van der Waals surface area contributed by atoms with E-state index in [-0.39, 0.29) is 17.2 Å². The number of hydrogen-bond donors (Lipinski definition) is 1. The highest BCUT2D eigenvalue weighted by Crippen LogP contribution is 2.34. The maximum absolute atomic E-state index is 9.90. The highest BCUT2D eigenvalue weighted by Gasteiger charge is 2.46. The predicted octanol–water partition coefficient (Wildman–Crippen LogP) is 3.24. The molecule has 4 nitrogen and oxygen atoms in total. The lowest BCUT2D eigenvalue weighted by Gasteiger charge is -2.54. The molecule has 1 aromatic carbocycles. The number of hydroxylamine groups is 4. The van der Waals surface area contributed by atoms with Gasteiger partial charge >= 0.3 is 0 Å². The zero-order chi connectivity index (χ0) is 15.0. The Bertz CT molecular complexity index is 427. The number of benzene rings is 1. The van der Waals surface area contributed by atoms with Crippen LogP contribution in [0.25, 0.3) is 0 Å². The molecule has 1 heterocycles. The third-order valence-electron chi connectivity index (χ3n) is 3.77. The van der Waals surface area contributed by atoms with Gasteiger partial charge in [-0.05, 0) is 40.2 Å². The van der Waals surface area contributed by atoms with Crippen LogP contribution in [0.2, 0.25) is 0 Å². The van der Waals surface area contributed by atoms with E-state index in [0.717, 1.165) is 5.56 Å². The van der Waals surface area contributed by atoms with Crippen LogP contribution in [-0.2, 0) is 4.84 Å². The fourth-order valence-electron chi connectivity index (χ4n) is 3.13. The Hall–Kier alpha value is -0.940. The van der Waals surface area contributed by atoms with E-state index in [4.69, 9.17) is 4.84 Å². The third-order valence-corrected chi connectivity index (χ3v) is 3.77. The smallest absolute Gasteiger partial charge is 0.102 e. The molecule has 1 unspecified atom stereocenters. The zero-order valence-corrected chi connectivity index (χ0v) is 13.1. The van der Waals surface area contributed by atoms with Crippen LogP contribution in [0.15, 0.2) is 30.3 Å². The number of nitrogens with zero attached hydrogens (tertiary/aromatic N) is 2. The molecule has 1 aromatic rings. The minimum absolute atomic E-state index is 0.0139. The molecule has 0 spiro atoms. The SMILES string of the molecule is CC(ON1C(C)(C)CN(O)CC1(C)C)c1ccccc1. The standard InChI is InChI=1S/C16H26N2O2/c1-13(14-9-7-6-8-10-14)20-18-15(2,3)11-17(19)12-16(18,4)5/h6-10,13,19H,11-12H2,1-5H3. The lowest BCUT2D eigenvalue weighted by molar-refractivity contribution is -0.336. The van der Waals surface area contributed by atoms with Gasteiger partial charge in [0.25, 0.3) is 0 Å². The van der Waals surface area contributed by atoms with Gasteiger partial charge in [-0.15, -0.1) is 0 Å². The maximum Gasteiger partial charge on any atom is 0.102 e. The van der Waals surface area contributed by atoms with Gasteiger partial charge in [-0.25, -0.2) is 0 Å². The molecule has 1 aliphatic rings. The first-order valence-corrected chi connectivity index (χ1v) is 7.18. The largest absolute Gasteiger partial charge is 0.314 e. The molecule has 4 heteroatoms. The van der Waals surface area contributed by atoms with Crippen molar-refractivity contribution < 1.29 is 10.0 Å². The second-order valence-electron chi connectivity index (χ2n) is 6.90. The van der Waals surface area contributed by atoms with Crippen molar-refractivity contribution in [3.63, 3.8) is 0 Å². The van der Waals surface area contributed by atoms with Crippen LogP contribution in [0.1, 0.15) is 46.3 Å². The summed E-state index contributed by atoms with van der Waals surface area (Å²) < 4.78 is 0. The molecule has 1 aliphatic heterocycles. The summed E-state index contributed by atoms with van der Waals surface area (Å²) in [6.07, 6.45) is -0.0139. The van der Waals surface area contributed by atoms with E-state index in [1.807, 2.05) is 23.3 Å². The quantitative estimate of drug-likeness (QED) is 0.920. The molecule has 1 N–H and O–H groups in total. The average molecular weight is 278 g/mol. The molecule has 112 valence electrons. The normalized spacial score (nSPS) is 24.5. The lowest BCUT2D eigenvalue weighted by Crippen LogP contribution is -2.67. The molecule has 1 fully saturated rings. The van der Waals surface area contributed by atoms with Gasteiger partial charge in [0.1, 0.15) is 6.10 Å². The van der Waals surface area contributed by atoms with E-state index in [1.54, 1.807) is 0 Å².